The van der Waals surface area contributed by atoms with Gasteiger partial charge in [0.05, 0.1) is 6.61 Å². The van der Waals surface area contributed by atoms with E-state index in [1.54, 1.807) is 0 Å². The first-order valence-corrected chi connectivity index (χ1v) is 21.2. The fourth-order valence-corrected chi connectivity index (χ4v) is 8.15. The minimum Gasteiger partial charge on any atom is -0.480 e. The maximum atomic E-state index is 12.9. The van der Waals surface area contributed by atoms with Gasteiger partial charge in [-0.15, -0.1) is 0 Å². The first-order valence-electron chi connectivity index (χ1n) is 17.1. The van der Waals surface area contributed by atoms with Crippen LogP contribution < -0.4 is 43.3 Å². The van der Waals surface area contributed by atoms with Gasteiger partial charge in [0, 0.05) is 36.6 Å². The molecule has 0 spiro atoms. The van der Waals surface area contributed by atoms with Crippen molar-refractivity contribution < 1.29 is 132 Å². The Balaban J connectivity index is 0.0000186. The van der Waals surface area contributed by atoms with Crippen LogP contribution in [0.15, 0.2) is 21.9 Å². The third-order valence-electron chi connectivity index (χ3n) is 7.84. The van der Waals surface area contributed by atoms with E-state index in [0.717, 1.165) is 38.4 Å². The van der Waals surface area contributed by atoms with Crippen LogP contribution in [0.5, 0.6) is 0 Å². The van der Waals surface area contributed by atoms with Crippen LogP contribution in [0.3, 0.4) is 0 Å². The second-order valence-electron chi connectivity index (χ2n) is 12.5. The summed E-state index contributed by atoms with van der Waals surface area (Å²) in [6.45, 7) is -2.63. The molecule has 6 unspecified atom stereocenters. The molecule has 62 heavy (non-hydrogen) atoms. The molecule has 2 heterocycles. The van der Waals surface area contributed by atoms with Crippen LogP contribution in [0.4, 0.5) is 0 Å². The molecular formula is C29H43Ag2N8O20PS2+2. The summed E-state index contributed by atoms with van der Waals surface area (Å²) in [7, 11) is -3.43. The Morgan fingerprint density at radius 2 is 1.32 bits per heavy atom. The second-order valence-corrected chi connectivity index (χ2v) is 16.6. The minimum absolute atomic E-state index is 0. The molecular weight excluding hydrogens is 1090 g/mol. The summed E-state index contributed by atoms with van der Waals surface area (Å²) in [6, 6.07) is -5.31. The van der Waals surface area contributed by atoms with Crippen LogP contribution in [0.1, 0.15) is 31.9 Å². The summed E-state index contributed by atoms with van der Waals surface area (Å²) in [5.41, 5.74) is 3.60. The SMILES string of the molecule is NC(CCC(=O)NC(CSSCC(NC(=O)CCC(NP(=O)(O)OCC1O[C@H](n2ccc(=O)[nH]c2=O)[C@@H](O)[C@H]1O)C(=O)O)C(=O)NCC(=O)O)C(=O)NCC(=O)O)C(=O)O.[Ag+].[Ag+]. The van der Waals surface area contributed by atoms with E-state index >= 15 is 0 Å². The number of hydrogen-bond acceptors (Lipinski definition) is 18. The van der Waals surface area contributed by atoms with Crippen molar-refractivity contribution >= 4 is 76.8 Å². The van der Waals surface area contributed by atoms with Crippen molar-refractivity contribution in [3.63, 3.8) is 0 Å². The van der Waals surface area contributed by atoms with E-state index in [2.05, 4.69) is 16.0 Å². The first kappa shape index (κ1) is 58.6. The van der Waals surface area contributed by atoms with Gasteiger partial charge in [0.2, 0.25) is 23.6 Å². The molecule has 15 N–H and O–H groups in total. The Bertz CT molecular complexity index is 1910. The summed E-state index contributed by atoms with van der Waals surface area (Å²) in [6.07, 6.45) is -7.86. The molecule has 1 aromatic rings. The normalized spacial score (nSPS) is 19.7. The van der Waals surface area contributed by atoms with Crippen LogP contribution in [-0.4, -0.2) is 166 Å². The maximum Gasteiger partial charge on any atom is 1.00 e. The van der Waals surface area contributed by atoms with E-state index in [1.807, 2.05) is 15.4 Å². The zero-order valence-electron chi connectivity index (χ0n) is 31.5. The zero-order chi connectivity index (χ0) is 45.3. The molecule has 0 saturated carbocycles. The number of carbonyl (C=O) groups excluding carboxylic acids is 4. The smallest absolute Gasteiger partial charge is 0.480 e. The summed E-state index contributed by atoms with van der Waals surface area (Å²) in [4.78, 5) is 131. The molecule has 2 rings (SSSR count). The number of amides is 4. The van der Waals surface area contributed by atoms with Gasteiger partial charge in [-0.25, -0.2) is 14.4 Å². The molecule has 1 saturated heterocycles. The first-order chi connectivity index (χ1) is 28.0. The van der Waals surface area contributed by atoms with Gasteiger partial charge in [-0.3, -0.25) is 57.2 Å². The van der Waals surface area contributed by atoms with Gasteiger partial charge in [-0.1, -0.05) is 21.6 Å². The zero-order valence-corrected chi connectivity index (χ0v) is 37.0. The molecule has 356 valence electrons. The summed E-state index contributed by atoms with van der Waals surface area (Å²) in [5, 5.41) is 67.6. The number of nitrogens with one attached hydrogen (secondary N) is 6. The molecule has 0 bridgehead atoms. The van der Waals surface area contributed by atoms with Crippen molar-refractivity contribution in [2.75, 3.05) is 31.2 Å². The van der Waals surface area contributed by atoms with Crippen LogP contribution in [0.2, 0.25) is 0 Å². The van der Waals surface area contributed by atoms with Crippen molar-refractivity contribution in [3.05, 3.63) is 33.1 Å². The summed E-state index contributed by atoms with van der Waals surface area (Å²) < 4.78 is 23.7. The van der Waals surface area contributed by atoms with Gasteiger partial charge < -0.3 is 67.3 Å². The average Bonchev–Trinajstić information content (AvgIpc) is 3.44. The van der Waals surface area contributed by atoms with E-state index in [1.165, 1.54) is 0 Å². The molecule has 0 aromatic carbocycles. The Morgan fingerprint density at radius 3 is 1.77 bits per heavy atom. The predicted molar refractivity (Wildman–Crippen MR) is 202 cm³/mol. The number of nitrogens with zero attached hydrogens (tertiary/aromatic N) is 1. The molecule has 9 atom stereocenters. The standard InChI is InChI=1S/C29H43N8O20PS2.2Ag/c30-12(27(49)50)1-3-17(38)33-14(24(47)31-7-20(41)42)10-59-60-11-15(25(48)32-8-21(43)44)34-18(39)4-2-13(28(51)52)36-58(54,55)56-9-16-22(45)23(46)26(57-16)37-6-5-19(40)35-29(37)53;;/h5-6,12-16,22-23,26,45-46H,1-4,7-11,30H2,(H,31,47)(H,32,48)(H,33,38)(H,34,39)(H,41,42)(H,43,44)(H,49,50)(H,51,52)(H,35,40,53)(H2,36,54,55);;/q;2*+1/t12?,13?,14?,15?,16?,22-,23-,26-;;/m0../s1. The van der Waals surface area contributed by atoms with Crippen LogP contribution in [0, 0.1) is 0 Å². The fourth-order valence-electron chi connectivity index (χ4n) is 4.76. The third kappa shape index (κ3) is 20.8. The number of aliphatic hydroxyl groups excluding tert-OH is 2. The van der Waals surface area contributed by atoms with E-state index in [0.29, 0.717) is 0 Å². The predicted octanol–water partition coefficient (Wildman–Crippen LogP) is -5.96. The number of carboxylic acid groups (broad SMARTS) is 4. The molecule has 4 amide bonds. The van der Waals surface area contributed by atoms with Crippen molar-refractivity contribution in [1.29, 1.82) is 0 Å². The molecule has 28 nitrogen and oxygen atoms in total. The Morgan fingerprint density at radius 1 is 0.823 bits per heavy atom. The Kier molecular flexibility index (Phi) is 26.8. The van der Waals surface area contributed by atoms with Gasteiger partial charge in [-0.2, -0.15) is 0 Å². The largest absolute Gasteiger partial charge is 1.00 e. The van der Waals surface area contributed by atoms with Gasteiger partial charge >= 0.3 is 82.1 Å². The van der Waals surface area contributed by atoms with Crippen molar-refractivity contribution in [1.82, 2.24) is 35.9 Å². The maximum absolute atomic E-state index is 12.9. The third-order valence-corrected chi connectivity index (χ3v) is 11.4. The molecule has 1 aromatic heterocycles. The van der Waals surface area contributed by atoms with Gasteiger partial charge in [-0.05, 0) is 12.8 Å². The number of aromatic amines is 1. The molecule has 1 fully saturated rings. The average molecular weight is 1130 g/mol. The van der Waals surface area contributed by atoms with Gasteiger partial charge in [0.15, 0.2) is 6.23 Å². The van der Waals surface area contributed by atoms with Crippen LogP contribution in [-0.2, 0) is 96.9 Å². The van der Waals surface area contributed by atoms with E-state index in [9.17, 15) is 72.7 Å². The number of H-pyrrole nitrogens is 1. The van der Waals surface area contributed by atoms with Crippen LogP contribution >= 0.6 is 29.3 Å². The van der Waals surface area contributed by atoms with Crippen molar-refractivity contribution in [2.24, 2.45) is 5.73 Å². The molecule has 0 aliphatic carbocycles. The Hall–Kier alpha value is -3.43. The quantitative estimate of drug-likeness (QED) is 0.0169. The van der Waals surface area contributed by atoms with Crippen molar-refractivity contribution in [3.8, 4) is 0 Å². The number of nitrogens with two attached hydrogens (primary N) is 1. The molecule has 1 aliphatic rings. The van der Waals surface area contributed by atoms with Crippen LogP contribution in [0.25, 0.3) is 0 Å². The number of carbonyl (C=O) groups is 8. The monoisotopic (exact) mass is 1130 g/mol. The molecule has 1 aliphatic heterocycles. The summed E-state index contributed by atoms with van der Waals surface area (Å²) >= 11 is 0. The number of hydrogen-bond donors (Lipinski definition) is 14. The molecule has 0 radical (unpaired) electrons. The second kappa shape index (κ2) is 28.4. The number of ether oxygens (including phenoxy) is 1. The number of carboxylic acids is 4. The van der Waals surface area contributed by atoms with E-state index in [-0.39, 0.29) is 62.7 Å². The van der Waals surface area contributed by atoms with E-state index in [4.69, 9.17) is 30.3 Å². The number of aliphatic hydroxyl groups is 2. The fraction of sp³-hybridized carbons (Fsp3) is 0.586. The summed E-state index contributed by atoms with van der Waals surface area (Å²) in [5.74, 6) is -10.4. The minimum atomic E-state index is -5.09. The Labute approximate surface area is 387 Å². The molecule has 33 heteroatoms. The topological polar surface area (TPSA) is 455 Å². The number of rotatable bonds is 27. The number of aliphatic carboxylic acids is 4. The van der Waals surface area contributed by atoms with E-state index < -0.39 is 154 Å². The number of aromatic nitrogens is 2. The van der Waals surface area contributed by atoms with Gasteiger partial charge in [0.25, 0.3) is 5.56 Å². The van der Waals surface area contributed by atoms with Crippen molar-refractivity contribution in [2.45, 2.75) is 74.4 Å². The van der Waals surface area contributed by atoms with Gasteiger partial charge in [0.1, 0.15) is 55.6 Å².